The van der Waals surface area contributed by atoms with Crippen molar-refractivity contribution in [1.82, 2.24) is 15.5 Å². The molecule has 3 heterocycles. The second-order valence-electron chi connectivity index (χ2n) is 7.57. The van der Waals surface area contributed by atoms with E-state index in [-0.39, 0.29) is 24.0 Å². The van der Waals surface area contributed by atoms with Crippen LogP contribution in [0.25, 0.3) is 0 Å². The third-order valence-corrected chi connectivity index (χ3v) is 7.19. The van der Waals surface area contributed by atoms with Crippen LogP contribution in [0.1, 0.15) is 35.6 Å². The van der Waals surface area contributed by atoms with E-state index in [1.807, 2.05) is 29.7 Å². The maximum Gasteiger partial charge on any atom is 0.190 e. The Kier molecular flexibility index (Phi) is 10.3. The molecular formula is C21H33IN4S2. The first kappa shape index (κ1) is 23.6. The molecule has 7 heteroatoms. The summed E-state index contributed by atoms with van der Waals surface area (Å²) < 4.78 is 0. The van der Waals surface area contributed by atoms with Crippen LogP contribution in [-0.4, -0.2) is 44.6 Å². The van der Waals surface area contributed by atoms with Crippen molar-refractivity contribution in [2.24, 2.45) is 16.8 Å². The van der Waals surface area contributed by atoms with E-state index in [1.54, 1.807) is 0 Å². The van der Waals surface area contributed by atoms with Gasteiger partial charge in [-0.1, -0.05) is 19.1 Å². The van der Waals surface area contributed by atoms with Crippen LogP contribution in [0.2, 0.25) is 0 Å². The number of nitrogens with one attached hydrogen (secondary N) is 2. The highest BCUT2D eigenvalue weighted by molar-refractivity contribution is 14.0. The van der Waals surface area contributed by atoms with Crippen LogP contribution in [0, 0.1) is 11.8 Å². The van der Waals surface area contributed by atoms with Crippen molar-refractivity contribution < 1.29 is 0 Å². The second kappa shape index (κ2) is 12.1. The van der Waals surface area contributed by atoms with Gasteiger partial charge in [0.05, 0.1) is 0 Å². The monoisotopic (exact) mass is 532 g/mol. The number of likely N-dealkylation sites (tertiary alicyclic amines) is 1. The molecule has 0 radical (unpaired) electrons. The molecule has 1 aliphatic heterocycles. The van der Waals surface area contributed by atoms with Gasteiger partial charge in [-0.2, -0.15) is 0 Å². The van der Waals surface area contributed by atoms with Crippen LogP contribution in [0.4, 0.5) is 0 Å². The molecule has 3 unspecified atom stereocenters. The van der Waals surface area contributed by atoms with Crippen molar-refractivity contribution in [3.8, 4) is 0 Å². The first-order chi connectivity index (χ1) is 13.2. The molecule has 28 heavy (non-hydrogen) atoms. The van der Waals surface area contributed by atoms with E-state index in [2.05, 4.69) is 69.5 Å². The van der Waals surface area contributed by atoms with Gasteiger partial charge in [0.1, 0.15) is 0 Å². The number of thiophene rings is 2. The van der Waals surface area contributed by atoms with Gasteiger partial charge in [-0.05, 0) is 67.6 Å². The summed E-state index contributed by atoms with van der Waals surface area (Å²) in [5.74, 6) is 2.12. The summed E-state index contributed by atoms with van der Waals surface area (Å²) >= 11 is 3.72. The summed E-state index contributed by atoms with van der Waals surface area (Å²) in [7, 11) is 4.12. The van der Waals surface area contributed by atoms with Gasteiger partial charge in [0.2, 0.25) is 0 Å². The first-order valence-corrected chi connectivity index (χ1v) is 11.6. The second-order valence-corrected chi connectivity index (χ2v) is 9.58. The molecule has 0 amide bonds. The third-order valence-electron chi connectivity index (χ3n) is 5.34. The van der Waals surface area contributed by atoms with E-state index in [1.165, 1.54) is 29.1 Å². The van der Waals surface area contributed by atoms with Gasteiger partial charge < -0.3 is 10.6 Å². The van der Waals surface area contributed by atoms with Crippen molar-refractivity contribution in [2.75, 3.05) is 33.7 Å². The van der Waals surface area contributed by atoms with Crippen molar-refractivity contribution in [1.29, 1.82) is 0 Å². The topological polar surface area (TPSA) is 39.7 Å². The predicted molar refractivity (Wildman–Crippen MR) is 134 cm³/mol. The molecule has 1 fully saturated rings. The Balaban J connectivity index is 0.00000280. The molecule has 1 aliphatic rings. The lowest BCUT2D eigenvalue weighted by molar-refractivity contribution is 0.125. The number of hydrogen-bond donors (Lipinski definition) is 2. The van der Waals surface area contributed by atoms with Gasteiger partial charge in [0, 0.05) is 35.9 Å². The molecule has 0 saturated carbocycles. The maximum atomic E-state index is 4.43. The minimum Gasteiger partial charge on any atom is -0.356 e. The Morgan fingerprint density at radius 1 is 1.25 bits per heavy atom. The predicted octanol–water partition coefficient (Wildman–Crippen LogP) is 4.85. The number of rotatable bonds is 7. The molecule has 0 aliphatic carbocycles. The minimum atomic E-state index is 0. The summed E-state index contributed by atoms with van der Waals surface area (Å²) in [6.45, 7) is 5.39. The average Bonchev–Trinajstić information content (AvgIpc) is 3.36. The zero-order chi connectivity index (χ0) is 19.1. The maximum absolute atomic E-state index is 4.43. The lowest BCUT2D eigenvalue weighted by Crippen LogP contribution is -2.45. The van der Waals surface area contributed by atoms with Crippen molar-refractivity contribution in [2.45, 2.75) is 32.2 Å². The fourth-order valence-electron chi connectivity index (χ4n) is 3.95. The summed E-state index contributed by atoms with van der Waals surface area (Å²) in [5, 5.41) is 11.4. The molecule has 2 N–H and O–H groups in total. The Hall–Kier alpha value is -0.640. The molecule has 0 bridgehead atoms. The van der Waals surface area contributed by atoms with Gasteiger partial charge in [0.15, 0.2) is 5.96 Å². The Morgan fingerprint density at radius 3 is 2.71 bits per heavy atom. The van der Waals surface area contributed by atoms with E-state index in [4.69, 9.17) is 0 Å². The lowest BCUT2D eigenvalue weighted by atomic mass is 9.88. The van der Waals surface area contributed by atoms with Gasteiger partial charge in [-0.25, -0.2) is 0 Å². The van der Waals surface area contributed by atoms with Gasteiger partial charge in [0.25, 0.3) is 0 Å². The average molecular weight is 533 g/mol. The largest absolute Gasteiger partial charge is 0.356 e. The third kappa shape index (κ3) is 6.71. The van der Waals surface area contributed by atoms with E-state index in [9.17, 15) is 0 Å². The quantitative estimate of drug-likeness (QED) is 0.304. The van der Waals surface area contributed by atoms with Crippen LogP contribution in [0.15, 0.2) is 40.0 Å². The molecule has 4 nitrogen and oxygen atoms in total. The molecule has 156 valence electrons. The van der Waals surface area contributed by atoms with Crippen molar-refractivity contribution in [3.05, 3.63) is 44.8 Å². The Labute approximate surface area is 194 Å². The van der Waals surface area contributed by atoms with E-state index < -0.39 is 0 Å². The number of guanidine groups is 1. The van der Waals surface area contributed by atoms with Crippen LogP contribution >= 0.6 is 46.7 Å². The summed E-state index contributed by atoms with van der Waals surface area (Å²) in [6.07, 6.45) is 3.66. The van der Waals surface area contributed by atoms with E-state index in [0.29, 0.717) is 17.9 Å². The van der Waals surface area contributed by atoms with E-state index in [0.717, 1.165) is 25.5 Å². The number of piperidine rings is 1. The molecule has 2 aromatic rings. The molecule has 3 rings (SSSR count). The Bertz CT molecular complexity index is 687. The van der Waals surface area contributed by atoms with Crippen LogP contribution in [0.5, 0.6) is 0 Å². The highest BCUT2D eigenvalue weighted by Crippen LogP contribution is 2.36. The molecule has 1 saturated heterocycles. The SMILES string of the molecule is CN=C(NCC(C)Cc1cccs1)NCC1CCCN(C)C1c1cccs1.I. The molecule has 0 aromatic carbocycles. The highest BCUT2D eigenvalue weighted by atomic mass is 127. The van der Waals surface area contributed by atoms with Gasteiger partial charge in [-0.15, -0.1) is 46.7 Å². The Morgan fingerprint density at radius 2 is 2.04 bits per heavy atom. The molecule has 3 atom stereocenters. The molecule has 2 aromatic heterocycles. The molecular weight excluding hydrogens is 499 g/mol. The fraction of sp³-hybridized carbons (Fsp3) is 0.571. The summed E-state index contributed by atoms with van der Waals surface area (Å²) in [6, 6.07) is 9.32. The van der Waals surface area contributed by atoms with Crippen molar-refractivity contribution in [3.63, 3.8) is 0 Å². The zero-order valence-electron chi connectivity index (χ0n) is 17.1. The first-order valence-electron chi connectivity index (χ1n) is 9.88. The fourth-order valence-corrected chi connectivity index (χ4v) is 5.80. The van der Waals surface area contributed by atoms with Crippen molar-refractivity contribution >= 4 is 52.6 Å². The van der Waals surface area contributed by atoms with Crippen LogP contribution in [0.3, 0.4) is 0 Å². The lowest BCUT2D eigenvalue weighted by Gasteiger charge is -2.39. The van der Waals surface area contributed by atoms with Crippen LogP contribution < -0.4 is 10.6 Å². The smallest absolute Gasteiger partial charge is 0.190 e. The van der Waals surface area contributed by atoms with Gasteiger partial charge in [-0.3, -0.25) is 9.89 Å². The number of hydrogen-bond acceptors (Lipinski definition) is 4. The molecule has 0 spiro atoms. The zero-order valence-corrected chi connectivity index (χ0v) is 21.0. The summed E-state index contributed by atoms with van der Waals surface area (Å²) in [4.78, 5) is 9.89. The van der Waals surface area contributed by atoms with Crippen LogP contribution in [-0.2, 0) is 6.42 Å². The highest BCUT2D eigenvalue weighted by Gasteiger charge is 2.31. The standard InChI is InChI=1S/C21H32N4S2.HI/c1-16(13-18-8-5-11-26-18)14-23-21(22-2)24-15-17-7-4-10-25(3)20(17)19-9-6-12-27-19;/h5-6,8-9,11-12,16-17,20H,4,7,10,13-15H2,1-3H3,(H2,22,23,24);1H. The minimum absolute atomic E-state index is 0. The van der Waals surface area contributed by atoms with Gasteiger partial charge >= 0.3 is 0 Å². The number of nitrogens with zero attached hydrogens (tertiary/aromatic N) is 2. The normalized spacial score (nSPS) is 21.8. The number of aliphatic imine (C=N–C) groups is 1. The van der Waals surface area contributed by atoms with E-state index >= 15 is 0 Å². The summed E-state index contributed by atoms with van der Waals surface area (Å²) in [5.41, 5.74) is 0. The number of halogens is 1.